The van der Waals surface area contributed by atoms with Gasteiger partial charge in [-0.15, -0.1) is 0 Å². The molecule has 0 saturated heterocycles. The molecule has 0 aliphatic carbocycles. The fourth-order valence-corrected chi connectivity index (χ4v) is 2.62. The summed E-state index contributed by atoms with van der Waals surface area (Å²) in [5.41, 5.74) is 0.394. The molecule has 0 aromatic heterocycles. The molecule has 2 atom stereocenters. The van der Waals surface area contributed by atoms with Gasteiger partial charge in [-0.1, -0.05) is 11.6 Å². The molecular formula is C18H19ClF3N2O2+. The van der Waals surface area contributed by atoms with Crippen molar-refractivity contribution in [3.63, 3.8) is 0 Å². The predicted molar refractivity (Wildman–Crippen MR) is 93.0 cm³/mol. The third-order valence-electron chi connectivity index (χ3n) is 4.14. The Bertz CT molecular complexity index is 817. The summed E-state index contributed by atoms with van der Waals surface area (Å²) in [5, 5.41) is 2.82. The highest BCUT2D eigenvalue weighted by Crippen LogP contribution is 2.22. The largest absolute Gasteiger partial charge is 0.496 e. The van der Waals surface area contributed by atoms with Gasteiger partial charge in [-0.2, -0.15) is 0 Å². The summed E-state index contributed by atoms with van der Waals surface area (Å²) in [6, 6.07) is 6.29. The zero-order valence-corrected chi connectivity index (χ0v) is 15.3. The van der Waals surface area contributed by atoms with Gasteiger partial charge in [0.2, 0.25) is 0 Å². The van der Waals surface area contributed by atoms with Crippen molar-refractivity contribution in [3.05, 3.63) is 58.4 Å². The molecule has 4 nitrogen and oxygen atoms in total. The average Bonchev–Trinajstić information content (AvgIpc) is 2.61. The molecule has 0 fully saturated rings. The third-order valence-corrected chi connectivity index (χ3v) is 4.37. The Morgan fingerprint density at radius 2 is 1.92 bits per heavy atom. The molecule has 1 amide bonds. The van der Waals surface area contributed by atoms with Gasteiger partial charge in [-0.3, -0.25) is 4.79 Å². The SMILES string of the molecule is COc1ccc(Cl)cc1C[NH+](C)[C@@H](C)C(=O)Nc1ccc(F)c(F)c1F. The molecule has 26 heavy (non-hydrogen) atoms. The van der Waals surface area contributed by atoms with Crippen LogP contribution in [-0.2, 0) is 11.3 Å². The van der Waals surface area contributed by atoms with Crippen LogP contribution in [0.15, 0.2) is 30.3 Å². The minimum absolute atomic E-state index is 0.408. The first-order chi connectivity index (χ1) is 12.2. The van der Waals surface area contributed by atoms with E-state index in [0.29, 0.717) is 17.3 Å². The van der Waals surface area contributed by atoms with E-state index in [0.717, 1.165) is 22.6 Å². The topological polar surface area (TPSA) is 42.8 Å². The first kappa shape index (κ1) is 20.1. The molecule has 0 aliphatic rings. The zero-order valence-electron chi connectivity index (χ0n) is 14.5. The number of quaternary nitrogens is 1. The number of rotatable bonds is 6. The normalized spacial score (nSPS) is 13.2. The molecule has 0 saturated carbocycles. The molecule has 2 N–H and O–H groups in total. The Balaban J connectivity index is 2.11. The second-order valence-electron chi connectivity index (χ2n) is 5.91. The number of halogens is 4. The lowest BCUT2D eigenvalue weighted by Crippen LogP contribution is -3.12. The highest BCUT2D eigenvalue weighted by atomic mass is 35.5. The van der Waals surface area contributed by atoms with Crippen LogP contribution in [0.1, 0.15) is 12.5 Å². The summed E-state index contributed by atoms with van der Waals surface area (Å²) < 4.78 is 45.2. The number of hydrogen-bond donors (Lipinski definition) is 2. The number of benzene rings is 2. The standard InChI is InChI=1S/C18H18ClF3N2O2/c1-10(18(25)23-14-6-5-13(20)16(21)17(14)22)24(2)9-11-8-12(19)4-7-15(11)26-3/h4-8,10H,9H2,1-3H3,(H,23,25)/p+1/t10-/m0/s1. The number of nitrogens with one attached hydrogen (secondary N) is 2. The Morgan fingerprint density at radius 1 is 1.23 bits per heavy atom. The second kappa shape index (κ2) is 8.42. The average molecular weight is 388 g/mol. The van der Waals surface area contributed by atoms with Gasteiger partial charge in [-0.25, -0.2) is 13.2 Å². The molecule has 0 bridgehead atoms. The van der Waals surface area contributed by atoms with Gasteiger partial charge in [0.1, 0.15) is 12.3 Å². The van der Waals surface area contributed by atoms with Gasteiger partial charge in [0.05, 0.1) is 19.8 Å². The van der Waals surface area contributed by atoms with Crippen molar-refractivity contribution in [2.75, 3.05) is 19.5 Å². The summed E-state index contributed by atoms with van der Waals surface area (Å²) in [5.74, 6) is -4.27. The van der Waals surface area contributed by atoms with E-state index in [1.54, 1.807) is 32.2 Å². The van der Waals surface area contributed by atoms with Crippen molar-refractivity contribution in [1.29, 1.82) is 0 Å². The number of hydrogen-bond acceptors (Lipinski definition) is 2. The van der Waals surface area contributed by atoms with Crippen molar-refractivity contribution in [1.82, 2.24) is 0 Å². The van der Waals surface area contributed by atoms with Crippen LogP contribution < -0.4 is 15.0 Å². The molecule has 8 heteroatoms. The number of likely N-dealkylation sites (N-methyl/N-ethyl adjacent to an activating group) is 1. The van der Waals surface area contributed by atoms with Crippen molar-refractivity contribution in [3.8, 4) is 5.75 Å². The van der Waals surface area contributed by atoms with Gasteiger partial charge in [0.15, 0.2) is 23.5 Å². The lowest BCUT2D eigenvalue weighted by Gasteiger charge is -2.22. The van der Waals surface area contributed by atoms with Crippen molar-refractivity contribution in [2.24, 2.45) is 0 Å². The quantitative estimate of drug-likeness (QED) is 0.748. The molecule has 0 radical (unpaired) electrons. The van der Waals surface area contributed by atoms with E-state index >= 15 is 0 Å². The highest BCUT2D eigenvalue weighted by Gasteiger charge is 2.25. The number of anilines is 1. The molecule has 2 rings (SSSR count). The first-order valence-corrected chi connectivity index (χ1v) is 8.21. The predicted octanol–water partition coefficient (Wildman–Crippen LogP) is 2.81. The van der Waals surface area contributed by atoms with Crippen molar-refractivity contribution < 1.29 is 27.6 Å². The number of carbonyl (C=O) groups is 1. The smallest absolute Gasteiger partial charge is 0.282 e. The van der Waals surface area contributed by atoms with Crippen LogP contribution >= 0.6 is 11.6 Å². The number of ether oxygens (including phenoxy) is 1. The number of carbonyl (C=O) groups excluding carboxylic acids is 1. The van der Waals surface area contributed by atoms with Crippen molar-refractivity contribution in [2.45, 2.75) is 19.5 Å². The molecule has 140 valence electrons. The fourth-order valence-electron chi connectivity index (χ4n) is 2.43. The summed E-state index contributed by atoms with van der Waals surface area (Å²) in [4.78, 5) is 13.1. The number of amides is 1. The van der Waals surface area contributed by atoms with Gasteiger partial charge < -0.3 is 15.0 Å². The fraction of sp³-hybridized carbons (Fsp3) is 0.278. The summed E-state index contributed by atoms with van der Waals surface area (Å²) >= 11 is 6.00. The molecule has 2 aromatic carbocycles. The van der Waals surface area contributed by atoms with Gasteiger partial charge >= 0.3 is 0 Å². The Labute approximate surface area is 154 Å². The Morgan fingerprint density at radius 3 is 2.58 bits per heavy atom. The maximum atomic E-state index is 13.7. The van der Waals surface area contributed by atoms with Gasteiger partial charge in [0, 0.05) is 10.6 Å². The molecule has 0 aliphatic heterocycles. The van der Waals surface area contributed by atoms with Crippen LogP contribution in [-0.4, -0.2) is 26.1 Å². The van der Waals surface area contributed by atoms with Crippen LogP contribution in [0.4, 0.5) is 18.9 Å². The van der Waals surface area contributed by atoms with E-state index in [2.05, 4.69) is 5.32 Å². The van der Waals surface area contributed by atoms with Crippen LogP contribution in [0.25, 0.3) is 0 Å². The van der Waals surface area contributed by atoms with Crippen molar-refractivity contribution >= 4 is 23.2 Å². The molecule has 1 unspecified atom stereocenters. The lowest BCUT2D eigenvalue weighted by molar-refractivity contribution is -0.907. The first-order valence-electron chi connectivity index (χ1n) is 7.83. The zero-order chi connectivity index (χ0) is 19.4. The molecule has 0 spiro atoms. The van der Waals surface area contributed by atoms with E-state index in [9.17, 15) is 18.0 Å². The molecule has 2 aromatic rings. The monoisotopic (exact) mass is 387 g/mol. The maximum absolute atomic E-state index is 13.7. The van der Waals surface area contributed by atoms with Gasteiger partial charge in [-0.05, 0) is 37.3 Å². The second-order valence-corrected chi connectivity index (χ2v) is 6.35. The maximum Gasteiger partial charge on any atom is 0.282 e. The van der Waals surface area contributed by atoms with Crippen LogP contribution in [0.3, 0.4) is 0 Å². The van der Waals surface area contributed by atoms with E-state index in [4.69, 9.17) is 16.3 Å². The van der Waals surface area contributed by atoms with Crippen LogP contribution in [0.5, 0.6) is 5.75 Å². The number of methoxy groups -OCH3 is 1. The van der Waals surface area contributed by atoms with Crippen LogP contribution in [0, 0.1) is 17.5 Å². The van der Waals surface area contributed by atoms with Gasteiger partial charge in [0.25, 0.3) is 5.91 Å². The minimum atomic E-state index is -1.63. The summed E-state index contributed by atoms with van der Waals surface area (Å²) in [7, 11) is 3.30. The highest BCUT2D eigenvalue weighted by molar-refractivity contribution is 6.30. The van der Waals surface area contributed by atoms with E-state index < -0.39 is 35.1 Å². The van der Waals surface area contributed by atoms with E-state index in [-0.39, 0.29) is 0 Å². The summed E-state index contributed by atoms with van der Waals surface area (Å²) in [6.07, 6.45) is 0. The summed E-state index contributed by atoms with van der Waals surface area (Å²) in [6.45, 7) is 2.05. The van der Waals surface area contributed by atoms with Crippen LogP contribution in [0.2, 0.25) is 5.02 Å². The third kappa shape index (κ3) is 4.47. The Kier molecular flexibility index (Phi) is 6.50. The molecular weight excluding hydrogens is 369 g/mol. The lowest BCUT2D eigenvalue weighted by atomic mass is 10.1. The van der Waals surface area contributed by atoms with E-state index in [1.807, 2.05) is 0 Å². The Hall–Kier alpha value is -2.25. The molecule has 0 heterocycles. The van der Waals surface area contributed by atoms with E-state index in [1.165, 1.54) is 7.11 Å². The minimum Gasteiger partial charge on any atom is -0.496 e.